The van der Waals surface area contributed by atoms with Crippen LogP contribution in [0.4, 0.5) is 0 Å². The van der Waals surface area contributed by atoms with Crippen LogP contribution in [0.3, 0.4) is 0 Å². The second kappa shape index (κ2) is 7.24. The van der Waals surface area contributed by atoms with E-state index in [0.717, 1.165) is 0 Å². The average Bonchev–Trinajstić information content (AvgIpc) is 3.40. The van der Waals surface area contributed by atoms with Crippen molar-refractivity contribution in [3.8, 4) is 44.5 Å². The molecule has 9 rings (SSSR count). The van der Waals surface area contributed by atoms with Crippen LogP contribution in [-0.2, 0) is 5.41 Å². The Balaban J connectivity index is 1.36. The number of rotatable bonds is 1. The summed E-state index contributed by atoms with van der Waals surface area (Å²) >= 11 is 0. The highest BCUT2D eigenvalue weighted by atomic mass is 14.4. The monoisotopic (exact) mass is 494 g/mol. The summed E-state index contributed by atoms with van der Waals surface area (Å²) in [5.41, 5.74) is 13.6. The minimum absolute atomic E-state index is 0.0680. The molecule has 182 valence electrons. The lowest BCUT2D eigenvalue weighted by molar-refractivity contribution is 0.661. The van der Waals surface area contributed by atoms with Gasteiger partial charge in [-0.1, -0.05) is 111 Å². The molecule has 0 saturated heterocycles. The molecule has 7 aromatic rings. The SMILES string of the molecule is CC1(C)c2cc(-c3c4c(cc5ccccc35)-c3cccc5cccc-4c35)ccc2-c2cc3ccccc3cc21. The lowest BCUT2D eigenvalue weighted by Gasteiger charge is -2.23. The minimum Gasteiger partial charge on any atom is -0.0616 e. The van der Waals surface area contributed by atoms with Crippen molar-refractivity contribution in [1.29, 1.82) is 0 Å². The predicted octanol–water partition coefficient (Wildman–Crippen LogP) is 10.8. The minimum atomic E-state index is -0.0680. The number of hydrogen-bond donors (Lipinski definition) is 0. The van der Waals surface area contributed by atoms with Gasteiger partial charge in [-0.25, -0.2) is 0 Å². The average molecular weight is 495 g/mol. The van der Waals surface area contributed by atoms with Crippen LogP contribution in [0, 0.1) is 0 Å². The third-order valence-electron chi connectivity index (χ3n) is 9.34. The Kier molecular flexibility index (Phi) is 3.95. The molecule has 39 heavy (non-hydrogen) atoms. The van der Waals surface area contributed by atoms with Crippen molar-refractivity contribution in [1.82, 2.24) is 0 Å². The molecule has 2 aliphatic carbocycles. The highest BCUT2D eigenvalue weighted by Crippen LogP contribution is 2.55. The van der Waals surface area contributed by atoms with Crippen LogP contribution >= 0.6 is 0 Å². The zero-order chi connectivity index (χ0) is 25.9. The van der Waals surface area contributed by atoms with Gasteiger partial charge in [0.15, 0.2) is 0 Å². The van der Waals surface area contributed by atoms with E-state index in [2.05, 4.69) is 135 Å². The van der Waals surface area contributed by atoms with E-state index in [-0.39, 0.29) is 5.41 Å². The zero-order valence-corrected chi connectivity index (χ0v) is 22.0. The lowest BCUT2D eigenvalue weighted by Crippen LogP contribution is -2.15. The molecule has 0 amide bonds. The van der Waals surface area contributed by atoms with Gasteiger partial charge in [-0.15, -0.1) is 0 Å². The molecule has 0 N–H and O–H groups in total. The van der Waals surface area contributed by atoms with E-state index in [4.69, 9.17) is 0 Å². The third kappa shape index (κ3) is 2.69. The summed E-state index contributed by atoms with van der Waals surface area (Å²) in [5, 5.41) is 7.93. The van der Waals surface area contributed by atoms with Crippen LogP contribution in [0.5, 0.6) is 0 Å². The zero-order valence-electron chi connectivity index (χ0n) is 22.0. The van der Waals surface area contributed by atoms with Gasteiger partial charge in [-0.2, -0.15) is 0 Å². The van der Waals surface area contributed by atoms with E-state index < -0.39 is 0 Å². The molecule has 0 fully saturated rings. The fraction of sp³-hybridized carbons (Fsp3) is 0.0769. The van der Waals surface area contributed by atoms with E-state index in [1.165, 1.54) is 88.0 Å². The van der Waals surface area contributed by atoms with Crippen molar-refractivity contribution in [2.24, 2.45) is 0 Å². The molecule has 2 aliphatic rings. The maximum absolute atomic E-state index is 2.49. The Morgan fingerprint density at radius 1 is 0.410 bits per heavy atom. The standard InChI is InChI=1S/C39H26/c1-39(2)34-22-27(17-18-29(34)32-19-24-9-3-4-10-25(24)21-35(32)39)37-28-14-6-5-11-26(28)20-33-30-15-7-12-23-13-8-16-31(36(23)30)38(33)37/h3-22H,1-2H3. The molecular weight excluding hydrogens is 468 g/mol. The van der Waals surface area contributed by atoms with Crippen molar-refractivity contribution in [2.75, 3.05) is 0 Å². The van der Waals surface area contributed by atoms with Gasteiger partial charge < -0.3 is 0 Å². The molecule has 0 spiro atoms. The van der Waals surface area contributed by atoms with Crippen molar-refractivity contribution in [3.63, 3.8) is 0 Å². The number of fused-ring (bicyclic) bond motifs is 8. The van der Waals surface area contributed by atoms with Gasteiger partial charge in [-0.3, -0.25) is 0 Å². The highest BCUT2D eigenvalue weighted by molar-refractivity contribution is 6.22. The molecule has 0 unspecified atom stereocenters. The van der Waals surface area contributed by atoms with Gasteiger partial charge in [0, 0.05) is 5.41 Å². The maximum Gasteiger partial charge on any atom is 0.0159 e. The van der Waals surface area contributed by atoms with Crippen LogP contribution in [-0.4, -0.2) is 0 Å². The van der Waals surface area contributed by atoms with Crippen LogP contribution in [0.1, 0.15) is 25.0 Å². The van der Waals surface area contributed by atoms with Gasteiger partial charge in [0.05, 0.1) is 0 Å². The fourth-order valence-corrected chi connectivity index (χ4v) is 7.49. The Bertz CT molecular complexity index is 2190. The largest absolute Gasteiger partial charge is 0.0616 e. The van der Waals surface area contributed by atoms with E-state index in [9.17, 15) is 0 Å². The quantitative estimate of drug-likeness (QED) is 0.213. The molecule has 0 heteroatoms. The number of benzene rings is 7. The first-order valence-electron chi connectivity index (χ1n) is 13.9. The predicted molar refractivity (Wildman–Crippen MR) is 166 cm³/mol. The van der Waals surface area contributed by atoms with Gasteiger partial charge in [0.1, 0.15) is 0 Å². The molecule has 0 aromatic heterocycles. The maximum atomic E-state index is 2.49. The third-order valence-corrected chi connectivity index (χ3v) is 9.34. The van der Waals surface area contributed by atoms with Gasteiger partial charge in [0.25, 0.3) is 0 Å². The first kappa shape index (κ1) is 21.3. The number of hydrogen-bond acceptors (Lipinski definition) is 0. The highest BCUT2D eigenvalue weighted by Gasteiger charge is 2.36. The summed E-state index contributed by atoms with van der Waals surface area (Å²) in [5.74, 6) is 0. The van der Waals surface area contributed by atoms with E-state index >= 15 is 0 Å². The summed E-state index contributed by atoms with van der Waals surface area (Å²) in [6.45, 7) is 4.78. The topological polar surface area (TPSA) is 0 Å². The van der Waals surface area contributed by atoms with Gasteiger partial charge >= 0.3 is 0 Å². The lowest BCUT2D eigenvalue weighted by atomic mass is 9.80. The first-order chi connectivity index (χ1) is 19.1. The summed E-state index contributed by atoms with van der Waals surface area (Å²) in [6, 6.07) is 45.6. The molecule has 0 aliphatic heterocycles. The van der Waals surface area contributed by atoms with Crippen molar-refractivity contribution in [2.45, 2.75) is 19.3 Å². The Hall–Kier alpha value is -4.68. The Labute approximate surface area is 228 Å². The molecule has 0 bridgehead atoms. The second-order valence-corrected chi connectivity index (χ2v) is 11.7. The van der Waals surface area contributed by atoms with Crippen molar-refractivity contribution >= 4 is 32.3 Å². The first-order valence-corrected chi connectivity index (χ1v) is 13.9. The smallest absolute Gasteiger partial charge is 0.0159 e. The summed E-state index contributed by atoms with van der Waals surface area (Å²) in [7, 11) is 0. The van der Waals surface area contributed by atoms with Crippen LogP contribution in [0.25, 0.3) is 76.8 Å². The molecule has 0 radical (unpaired) electrons. The van der Waals surface area contributed by atoms with Crippen molar-refractivity contribution in [3.05, 3.63) is 132 Å². The Morgan fingerprint density at radius 2 is 1.05 bits per heavy atom. The summed E-state index contributed by atoms with van der Waals surface area (Å²) < 4.78 is 0. The summed E-state index contributed by atoms with van der Waals surface area (Å²) in [6.07, 6.45) is 0. The molecule has 0 nitrogen and oxygen atoms in total. The van der Waals surface area contributed by atoms with E-state index in [1.54, 1.807) is 0 Å². The molecule has 0 heterocycles. The molecule has 0 saturated carbocycles. The second-order valence-electron chi connectivity index (χ2n) is 11.7. The van der Waals surface area contributed by atoms with Gasteiger partial charge in [0.2, 0.25) is 0 Å². The van der Waals surface area contributed by atoms with E-state index in [1.807, 2.05) is 0 Å². The molecular formula is C39H26. The summed E-state index contributed by atoms with van der Waals surface area (Å²) in [4.78, 5) is 0. The van der Waals surface area contributed by atoms with Crippen LogP contribution < -0.4 is 0 Å². The molecule has 0 atom stereocenters. The van der Waals surface area contributed by atoms with Crippen LogP contribution in [0.2, 0.25) is 0 Å². The fourth-order valence-electron chi connectivity index (χ4n) is 7.49. The van der Waals surface area contributed by atoms with Crippen molar-refractivity contribution < 1.29 is 0 Å². The van der Waals surface area contributed by atoms with Crippen LogP contribution in [0.15, 0.2) is 121 Å². The Morgan fingerprint density at radius 3 is 1.87 bits per heavy atom. The van der Waals surface area contributed by atoms with Gasteiger partial charge in [-0.05, 0) is 112 Å². The van der Waals surface area contributed by atoms with E-state index in [0.29, 0.717) is 0 Å². The molecule has 7 aromatic carbocycles. The normalized spacial score (nSPS) is 14.1.